The number of anilines is 3. The molecule has 8 nitrogen and oxygen atoms in total. The van der Waals surface area contributed by atoms with Gasteiger partial charge in [-0.3, -0.25) is 20.1 Å². The first-order chi connectivity index (χ1) is 13.8. The van der Waals surface area contributed by atoms with E-state index in [9.17, 15) is 4.79 Å². The number of fused-ring (bicyclic) bond motifs is 5. The molecule has 1 N–H and O–H groups in total. The van der Waals surface area contributed by atoms with E-state index in [4.69, 9.17) is 4.98 Å². The zero-order chi connectivity index (χ0) is 18.7. The Labute approximate surface area is 163 Å². The molecule has 2 aromatic heterocycles. The third kappa shape index (κ3) is 2.63. The molecular weight excluding hydrogens is 354 g/mol. The van der Waals surface area contributed by atoms with Crippen LogP contribution in [0.15, 0.2) is 30.7 Å². The number of rotatable bonds is 2. The van der Waals surface area contributed by atoms with Crippen LogP contribution >= 0.6 is 0 Å². The van der Waals surface area contributed by atoms with E-state index in [1.807, 2.05) is 4.90 Å². The summed E-state index contributed by atoms with van der Waals surface area (Å²) < 4.78 is 0. The van der Waals surface area contributed by atoms with E-state index in [0.29, 0.717) is 11.7 Å². The fourth-order valence-electron chi connectivity index (χ4n) is 5.00. The van der Waals surface area contributed by atoms with Gasteiger partial charge in [0.15, 0.2) is 11.6 Å². The van der Waals surface area contributed by atoms with Gasteiger partial charge in [0.25, 0.3) is 0 Å². The second-order valence-electron chi connectivity index (χ2n) is 8.23. The molecule has 8 heteroatoms. The van der Waals surface area contributed by atoms with Crippen molar-refractivity contribution in [1.82, 2.24) is 19.9 Å². The molecule has 0 aromatic carbocycles. The topological polar surface area (TPSA) is 77.3 Å². The van der Waals surface area contributed by atoms with Gasteiger partial charge in [0, 0.05) is 49.7 Å². The highest BCUT2D eigenvalue weighted by molar-refractivity contribution is 6.04. The van der Waals surface area contributed by atoms with Gasteiger partial charge < -0.3 is 4.90 Å². The van der Waals surface area contributed by atoms with Crippen LogP contribution < -0.4 is 15.1 Å². The highest BCUT2D eigenvalue weighted by Crippen LogP contribution is 2.42. The van der Waals surface area contributed by atoms with Gasteiger partial charge in [-0.2, -0.15) is 0 Å². The Hall–Kier alpha value is -2.74. The van der Waals surface area contributed by atoms with E-state index in [0.717, 1.165) is 49.2 Å². The number of nitrogens with zero attached hydrogens (tertiary/aromatic N) is 6. The molecule has 144 valence electrons. The SMILES string of the molecule is O=C(Nc1cnccn1)N1c2nc(C3CCN4C[C@@H]4C3)ccc2N2CC[C@H]1C2. The minimum Gasteiger partial charge on any atom is -0.366 e. The Morgan fingerprint density at radius 1 is 1.11 bits per heavy atom. The number of nitrogens with one attached hydrogen (secondary N) is 1. The van der Waals surface area contributed by atoms with Crippen molar-refractivity contribution in [2.45, 2.75) is 37.3 Å². The lowest BCUT2D eigenvalue weighted by atomic mass is 9.93. The summed E-state index contributed by atoms with van der Waals surface area (Å²) in [6.07, 6.45) is 8.04. The molecule has 0 spiro atoms. The number of hydrogen-bond acceptors (Lipinski definition) is 6. The lowest BCUT2D eigenvalue weighted by Crippen LogP contribution is -2.48. The summed E-state index contributed by atoms with van der Waals surface area (Å²) in [6, 6.07) is 5.07. The summed E-state index contributed by atoms with van der Waals surface area (Å²) in [6.45, 7) is 4.24. The van der Waals surface area contributed by atoms with Crippen LogP contribution in [0.3, 0.4) is 0 Å². The molecule has 4 aliphatic rings. The van der Waals surface area contributed by atoms with Gasteiger partial charge in [-0.25, -0.2) is 14.8 Å². The van der Waals surface area contributed by atoms with Crippen molar-refractivity contribution in [1.29, 1.82) is 0 Å². The number of hydrogen-bond donors (Lipinski definition) is 1. The monoisotopic (exact) mass is 377 g/mol. The summed E-state index contributed by atoms with van der Waals surface area (Å²) in [4.78, 5) is 33.1. The first-order valence-corrected chi connectivity index (χ1v) is 10.1. The fraction of sp³-hybridized carbons (Fsp3) is 0.500. The fourth-order valence-corrected chi connectivity index (χ4v) is 5.00. The van der Waals surface area contributed by atoms with Gasteiger partial charge in [0.05, 0.1) is 17.9 Å². The summed E-state index contributed by atoms with van der Waals surface area (Å²) in [7, 11) is 0. The van der Waals surface area contributed by atoms with Gasteiger partial charge in [0.2, 0.25) is 0 Å². The molecule has 4 aliphatic heterocycles. The molecule has 3 saturated heterocycles. The molecule has 2 amide bonds. The molecule has 28 heavy (non-hydrogen) atoms. The van der Waals surface area contributed by atoms with Gasteiger partial charge in [-0.1, -0.05) is 0 Å². The summed E-state index contributed by atoms with van der Waals surface area (Å²) in [5.74, 6) is 1.76. The number of pyridine rings is 1. The summed E-state index contributed by atoms with van der Waals surface area (Å²) in [5, 5.41) is 2.90. The number of urea groups is 1. The Balaban J connectivity index is 1.33. The molecule has 6 heterocycles. The average Bonchev–Trinajstić information content (AvgIpc) is 3.40. The molecule has 2 bridgehead atoms. The number of carbonyl (C=O) groups excluding carboxylic acids is 1. The van der Waals surface area contributed by atoms with Crippen LogP contribution in [0.1, 0.15) is 30.9 Å². The van der Waals surface area contributed by atoms with Crippen molar-refractivity contribution in [3.8, 4) is 0 Å². The maximum Gasteiger partial charge on any atom is 0.329 e. The van der Waals surface area contributed by atoms with E-state index in [1.54, 1.807) is 18.6 Å². The lowest BCUT2D eigenvalue weighted by molar-refractivity contribution is 0.254. The standard InChI is InChI=1S/C20H23N7O/c28-20(24-18-10-21-5-6-22-18)27-14-4-8-26(11-14)17-2-1-16(23-19(17)27)13-3-7-25-12-15(25)9-13/h1-2,5-6,10,13-15H,3-4,7-9,11-12H2,(H,22,24,28)/t13?,14-,15-,25?/m0/s1. The van der Waals surface area contributed by atoms with Crippen LogP contribution in [-0.2, 0) is 0 Å². The van der Waals surface area contributed by atoms with Crippen molar-refractivity contribution >= 4 is 23.4 Å². The molecule has 0 radical (unpaired) electrons. The van der Waals surface area contributed by atoms with Crippen molar-refractivity contribution < 1.29 is 4.79 Å². The van der Waals surface area contributed by atoms with E-state index < -0.39 is 0 Å². The predicted molar refractivity (Wildman–Crippen MR) is 106 cm³/mol. The smallest absolute Gasteiger partial charge is 0.329 e. The molecule has 2 unspecified atom stereocenters. The number of carbonyl (C=O) groups is 1. The minimum atomic E-state index is -0.171. The first kappa shape index (κ1) is 16.2. The number of piperidine rings is 1. The van der Waals surface area contributed by atoms with Crippen LogP contribution in [-0.4, -0.2) is 64.1 Å². The quantitative estimate of drug-likeness (QED) is 0.808. The first-order valence-electron chi connectivity index (χ1n) is 10.1. The Morgan fingerprint density at radius 2 is 2.07 bits per heavy atom. The van der Waals surface area contributed by atoms with E-state index in [2.05, 4.69) is 37.2 Å². The Morgan fingerprint density at radius 3 is 2.93 bits per heavy atom. The second-order valence-corrected chi connectivity index (χ2v) is 8.23. The number of amides is 2. The maximum absolute atomic E-state index is 13.1. The Bertz CT molecular complexity index is 920. The van der Waals surface area contributed by atoms with E-state index in [1.165, 1.54) is 19.5 Å². The Kier molecular flexibility index (Phi) is 3.56. The normalized spacial score (nSPS) is 29.9. The summed E-state index contributed by atoms with van der Waals surface area (Å²) >= 11 is 0. The average molecular weight is 377 g/mol. The van der Waals surface area contributed by atoms with Crippen LogP contribution in [0.5, 0.6) is 0 Å². The van der Waals surface area contributed by atoms with Gasteiger partial charge in [0.1, 0.15) is 0 Å². The van der Waals surface area contributed by atoms with Crippen molar-refractivity contribution in [2.24, 2.45) is 0 Å². The predicted octanol–water partition coefficient (Wildman–Crippen LogP) is 2.06. The molecule has 0 aliphatic carbocycles. The van der Waals surface area contributed by atoms with Crippen LogP contribution in [0, 0.1) is 0 Å². The van der Waals surface area contributed by atoms with Gasteiger partial charge in [-0.15, -0.1) is 0 Å². The van der Waals surface area contributed by atoms with Crippen LogP contribution in [0.2, 0.25) is 0 Å². The molecule has 4 atom stereocenters. The third-order valence-electron chi connectivity index (χ3n) is 6.56. The minimum absolute atomic E-state index is 0.150. The van der Waals surface area contributed by atoms with E-state index in [-0.39, 0.29) is 12.1 Å². The highest BCUT2D eigenvalue weighted by Gasteiger charge is 2.43. The molecule has 3 fully saturated rings. The molecular formula is C20H23N7O. The van der Waals surface area contributed by atoms with Crippen molar-refractivity contribution in [3.63, 3.8) is 0 Å². The van der Waals surface area contributed by atoms with Crippen molar-refractivity contribution in [2.75, 3.05) is 41.3 Å². The van der Waals surface area contributed by atoms with Gasteiger partial charge in [-0.05, 0) is 37.9 Å². The van der Waals surface area contributed by atoms with Crippen molar-refractivity contribution in [3.05, 3.63) is 36.4 Å². The molecule has 0 saturated carbocycles. The van der Waals surface area contributed by atoms with Crippen LogP contribution in [0.4, 0.5) is 22.1 Å². The number of aromatic nitrogens is 3. The lowest BCUT2D eigenvalue weighted by Gasteiger charge is -2.36. The van der Waals surface area contributed by atoms with E-state index >= 15 is 0 Å². The largest absolute Gasteiger partial charge is 0.366 e. The van der Waals surface area contributed by atoms with Gasteiger partial charge >= 0.3 is 6.03 Å². The maximum atomic E-state index is 13.1. The third-order valence-corrected chi connectivity index (χ3v) is 6.56. The summed E-state index contributed by atoms with van der Waals surface area (Å²) in [5.41, 5.74) is 2.20. The zero-order valence-electron chi connectivity index (χ0n) is 15.7. The highest BCUT2D eigenvalue weighted by atomic mass is 16.2. The molecule has 6 rings (SSSR count). The molecule has 2 aromatic rings. The second kappa shape index (κ2) is 6.13. The zero-order valence-corrected chi connectivity index (χ0v) is 15.7. The van der Waals surface area contributed by atoms with Crippen LogP contribution in [0.25, 0.3) is 0 Å².